The molecule has 0 unspecified atom stereocenters. The predicted octanol–water partition coefficient (Wildman–Crippen LogP) is 0.0201. The first-order valence-corrected chi connectivity index (χ1v) is 8.70. The summed E-state index contributed by atoms with van der Waals surface area (Å²) in [6, 6.07) is -0.295. The molecule has 0 bridgehead atoms. The van der Waals surface area contributed by atoms with Gasteiger partial charge in [-0.15, -0.1) is 5.10 Å². The van der Waals surface area contributed by atoms with Crippen molar-refractivity contribution in [1.29, 1.82) is 0 Å². The van der Waals surface area contributed by atoms with Gasteiger partial charge in [-0.1, -0.05) is 0 Å². The Hall–Kier alpha value is -1.68. The lowest BCUT2D eigenvalue weighted by atomic mass is 10.1. The number of hydrogen-bond acceptors (Lipinski definition) is 6. The number of likely N-dealkylation sites (tertiary alicyclic amines) is 2. The standard InChI is InChI=1S/C15H22F2N6O2/c16-15(17)3-12(8-25-7-11-1-2-11)23(9-15)13-4-21(5-13)14(24)6-22-10-18-19-20-22/h10-13H,1-9H2/t12-/m0/s1. The molecule has 0 aromatic carbocycles. The number of nitrogens with zero attached hydrogens (tertiary/aromatic N) is 6. The molecule has 4 rings (SSSR count). The summed E-state index contributed by atoms with van der Waals surface area (Å²) in [6.45, 7) is 1.79. The summed E-state index contributed by atoms with van der Waals surface area (Å²) in [5.41, 5.74) is 0. The van der Waals surface area contributed by atoms with Gasteiger partial charge in [0.15, 0.2) is 0 Å². The summed E-state index contributed by atoms with van der Waals surface area (Å²) in [4.78, 5) is 15.6. The molecule has 0 N–H and O–H groups in total. The molecule has 0 spiro atoms. The maximum absolute atomic E-state index is 13.9. The van der Waals surface area contributed by atoms with E-state index >= 15 is 0 Å². The van der Waals surface area contributed by atoms with Crippen LogP contribution in [0, 0.1) is 5.92 Å². The van der Waals surface area contributed by atoms with Gasteiger partial charge in [-0.25, -0.2) is 13.5 Å². The van der Waals surface area contributed by atoms with E-state index in [-0.39, 0.29) is 37.5 Å². The summed E-state index contributed by atoms with van der Waals surface area (Å²) in [5.74, 6) is -2.15. The number of alkyl halides is 2. The first kappa shape index (κ1) is 16.8. The zero-order valence-electron chi connectivity index (χ0n) is 13.9. The second kappa shape index (κ2) is 6.56. The minimum atomic E-state index is -2.68. The average molecular weight is 356 g/mol. The van der Waals surface area contributed by atoms with Crippen molar-refractivity contribution in [3.63, 3.8) is 0 Å². The smallest absolute Gasteiger partial charge is 0.262 e. The van der Waals surface area contributed by atoms with E-state index in [2.05, 4.69) is 15.5 Å². The predicted molar refractivity (Wildman–Crippen MR) is 81.8 cm³/mol. The lowest BCUT2D eigenvalue weighted by Crippen LogP contribution is -2.63. The van der Waals surface area contributed by atoms with Crippen molar-refractivity contribution in [2.24, 2.45) is 5.92 Å². The zero-order valence-corrected chi connectivity index (χ0v) is 13.9. The lowest BCUT2D eigenvalue weighted by molar-refractivity contribution is -0.140. The number of rotatable bonds is 7. The molecule has 25 heavy (non-hydrogen) atoms. The van der Waals surface area contributed by atoms with Crippen LogP contribution < -0.4 is 0 Å². The topological polar surface area (TPSA) is 76.4 Å². The van der Waals surface area contributed by atoms with Gasteiger partial charge in [0, 0.05) is 38.2 Å². The van der Waals surface area contributed by atoms with Crippen molar-refractivity contribution >= 4 is 5.91 Å². The van der Waals surface area contributed by atoms with Crippen LogP contribution in [0.2, 0.25) is 0 Å². The number of ether oxygens (including phenoxy) is 1. The van der Waals surface area contributed by atoms with E-state index in [4.69, 9.17) is 4.74 Å². The van der Waals surface area contributed by atoms with Gasteiger partial charge in [-0.05, 0) is 29.2 Å². The maximum atomic E-state index is 13.9. The molecule has 138 valence electrons. The second-order valence-corrected chi connectivity index (χ2v) is 7.33. The molecular formula is C15H22F2N6O2. The number of halogens is 2. The van der Waals surface area contributed by atoms with Crippen LogP contribution in [0.3, 0.4) is 0 Å². The number of aromatic nitrogens is 4. The summed E-state index contributed by atoms with van der Waals surface area (Å²) in [6.07, 6.45) is 3.59. The molecule has 2 saturated heterocycles. The molecule has 1 aliphatic carbocycles. The summed E-state index contributed by atoms with van der Waals surface area (Å²) < 4.78 is 34.7. The molecule has 3 heterocycles. The number of hydrogen-bond donors (Lipinski definition) is 0. The van der Waals surface area contributed by atoms with Crippen LogP contribution in [-0.4, -0.2) is 86.8 Å². The van der Waals surface area contributed by atoms with Crippen molar-refractivity contribution in [2.75, 3.05) is 32.8 Å². The number of carbonyl (C=O) groups is 1. The van der Waals surface area contributed by atoms with E-state index in [1.165, 1.54) is 23.9 Å². The molecule has 1 amide bonds. The molecule has 8 nitrogen and oxygen atoms in total. The van der Waals surface area contributed by atoms with Crippen molar-refractivity contribution in [2.45, 2.75) is 43.8 Å². The van der Waals surface area contributed by atoms with Crippen LogP contribution in [0.25, 0.3) is 0 Å². The number of amides is 1. The number of carbonyl (C=O) groups excluding carboxylic acids is 1. The fourth-order valence-corrected chi connectivity index (χ4v) is 3.52. The lowest BCUT2D eigenvalue weighted by Gasteiger charge is -2.45. The molecule has 1 aromatic rings. The van der Waals surface area contributed by atoms with Crippen LogP contribution in [0.1, 0.15) is 19.3 Å². The van der Waals surface area contributed by atoms with Gasteiger partial charge in [0.25, 0.3) is 5.92 Å². The molecule has 1 aromatic heterocycles. The normalized spacial score (nSPS) is 26.8. The molecule has 10 heteroatoms. The van der Waals surface area contributed by atoms with Gasteiger partial charge in [-0.2, -0.15) is 0 Å². The van der Waals surface area contributed by atoms with Crippen LogP contribution in [0.4, 0.5) is 8.78 Å². The fourth-order valence-electron chi connectivity index (χ4n) is 3.52. The molecular weight excluding hydrogens is 334 g/mol. The monoisotopic (exact) mass is 356 g/mol. The van der Waals surface area contributed by atoms with Crippen molar-refractivity contribution in [1.82, 2.24) is 30.0 Å². The molecule has 1 saturated carbocycles. The van der Waals surface area contributed by atoms with Crippen molar-refractivity contribution in [3.8, 4) is 0 Å². The highest BCUT2D eigenvalue weighted by Crippen LogP contribution is 2.36. The van der Waals surface area contributed by atoms with E-state index in [1.54, 1.807) is 4.90 Å². The largest absolute Gasteiger partial charge is 0.380 e. The van der Waals surface area contributed by atoms with E-state index in [0.717, 1.165) is 0 Å². The van der Waals surface area contributed by atoms with Gasteiger partial charge in [0.05, 0.1) is 13.2 Å². The third-order valence-corrected chi connectivity index (χ3v) is 5.15. The Morgan fingerprint density at radius 2 is 2.08 bits per heavy atom. The molecule has 3 aliphatic rings. The first-order chi connectivity index (χ1) is 12.0. The van der Waals surface area contributed by atoms with Gasteiger partial charge in [-0.3, -0.25) is 9.69 Å². The minimum Gasteiger partial charge on any atom is -0.380 e. The van der Waals surface area contributed by atoms with Crippen LogP contribution in [0.15, 0.2) is 6.33 Å². The van der Waals surface area contributed by atoms with Gasteiger partial charge >= 0.3 is 0 Å². The van der Waals surface area contributed by atoms with E-state index in [0.29, 0.717) is 32.2 Å². The first-order valence-electron chi connectivity index (χ1n) is 8.70. The summed E-state index contributed by atoms with van der Waals surface area (Å²) >= 11 is 0. The van der Waals surface area contributed by atoms with Crippen LogP contribution in [0.5, 0.6) is 0 Å². The molecule has 0 radical (unpaired) electrons. The van der Waals surface area contributed by atoms with Gasteiger partial charge in [0.2, 0.25) is 5.91 Å². The Morgan fingerprint density at radius 1 is 1.28 bits per heavy atom. The minimum absolute atomic E-state index is 0.0271. The summed E-state index contributed by atoms with van der Waals surface area (Å²) in [7, 11) is 0. The van der Waals surface area contributed by atoms with E-state index in [1.807, 2.05) is 4.90 Å². The fraction of sp³-hybridized carbons (Fsp3) is 0.867. The maximum Gasteiger partial charge on any atom is 0.262 e. The van der Waals surface area contributed by atoms with Gasteiger partial charge < -0.3 is 9.64 Å². The highest BCUT2D eigenvalue weighted by Gasteiger charge is 2.50. The summed E-state index contributed by atoms with van der Waals surface area (Å²) in [5, 5.41) is 10.6. The van der Waals surface area contributed by atoms with Gasteiger partial charge in [0.1, 0.15) is 12.9 Å². The van der Waals surface area contributed by atoms with Crippen molar-refractivity contribution < 1.29 is 18.3 Å². The van der Waals surface area contributed by atoms with E-state index < -0.39 is 5.92 Å². The Bertz CT molecular complexity index is 603. The average Bonchev–Trinajstić information content (AvgIpc) is 3.08. The third-order valence-electron chi connectivity index (χ3n) is 5.15. The van der Waals surface area contributed by atoms with Crippen LogP contribution >= 0.6 is 0 Å². The van der Waals surface area contributed by atoms with E-state index in [9.17, 15) is 13.6 Å². The molecule has 3 fully saturated rings. The Kier molecular flexibility index (Phi) is 4.40. The second-order valence-electron chi connectivity index (χ2n) is 7.33. The number of tetrazole rings is 1. The van der Waals surface area contributed by atoms with Crippen LogP contribution in [-0.2, 0) is 16.1 Å². The zero-order chi connectivity index (χ0) is 17.4. The highest BCUT2D eigenvalue weighted by molar-refractivity contribution is 5.76. The third kappa shape index (κ3) is 3.95. The van der Waals surface area contributed by atoms with Crippen molar-refractivity contribution in [3.05, 3.63) is 6.33 Å². The SMILES string of the molecule is O=C(Cn1cnnn1)N1CC(N2CC(F)(F)C[C@H]2COCC2CC2)C1. The quantitative estimate of drug-likeness (QED) is 0.686. The highest BCUT2D eigenvalue weighted by atomic mass is 19.3. The molecule has 1 atom stereocenters. The Balaban J connectivity index is 1.27. The Morgan fingerprint density at radius 3 is 2.76 bits per heavy atom. The molecule has 2 aliphatic heterocycles. The Labute approximate surface area is 144 Å².